The van der Waals surface area contributed by atoms with Crippen molar-refractivity contribution < 1.29 is 0 Å². The van der Waals surface area contributed by atoms with Crippen molar-refractivity contribution in [3.05, 3.63) is 156 Å². The van der Waals surface area contributed by atoms with Crippen molar-refractivity contribution in [3.63, 3.8) is 0 Å². The van der Waals surface area contributed by atoms with E-state index < -0.39 is 5.41 Å². The molecule has 0 saturated heterocycles. The standard InChI is InChI=1S/C31H22/c1-3-13-23(14-4-1)31(24-15-5-2-6-16-24)29-21-11-9-19-27(29)25-17-7-8-18-26(25)28-20-10-12-22-30(28)31/h1-22H. The maximum absolute atomic E-state index is 2.31. The summed E-state index contributed by atoms with van der Waals surface area (Å²) < 4.78 is 0. The van der Waals surface area contributed by atoms with Gasteiger partial charge in [0.15, 0.2) is 0 Å². The van der Waals surface area contributed by atoms with Gasteiger partial charge in [-0.25, -0.2) is 0 Å². The molecule has 31 heavy (non-hydrogen) atoms. The van der Waals surface area contributed by atoms with Crippen LogP contribution in [0.25, 0.3) is 22.3 Å². The predicted octanol–water partition coefficient (Wildman–Crippen LogP) is 7.72. The molecule has 0 aliphatic heterocycles. The first kappa shape index (κ1) is 17.9. The van der Waals surface area contributed by atoms with E-state index in [0.717, 1.165) is 0 Å². The molecule has 0 fully saturated rings. The molecule has 0 amide bonds. The van der Waals surface area contributed by atoms with Crippen LogP contribution in [0.4, 0.5) is 0 Å². The Morgan fingerprint density at radius 2 is 0.613 bits per heavy atom. The third kappa shape index (κ3) is 2.55. The van der Waals surface area contributed by atoms with Crippen LogP contribution in [-0.2, 0) is 5.41 Å². The molecule has 0 saturated carbocycles. The van der Waals surface area contributed by atoms with Crippen LogP contribution in [0.1, 0.15) is 22.3 Å². The van der Waals surface area contributed by atoms with E-state index in [4.69, 9.17) is 0 Å². The molecule has 146 valence electrons. The fourth-order valence-electron chi connectivity index (χ4n) is 5.35. The summed E-state index contributed by atoms with van der Waals surface area (Å²) in [6, 6.07) is 48.6. The lowest BCUT2D eigenvalue weighted by Gasteiger charge is -2.38. The van der Waals surface area contributed by atoms with Crippen LogP contribution < -0.4 is 0 Å². The zero-order valence-corrected chi connectivity index (χ0v) is 17.2. The molecule has 0 spiro atoms. The Morgan fingerprint density at radius 3 is 1.03 bits per heavy atom. The summed E-state index contributed by atoms with van der Waals surface area (Å²) in [6.07, 6.45) is 0. The van der Waals surface area contributed by atoms with Crippen LogP contribution in [0.5, 0.6) is 0 Å². The van der Waals surface area contributed by atoms with Gasteiger partial charge in [0.25, 0.3) is 0 Å². The van der Waals surface area contributed by atoms with E-state index in [1.165, 1.54) is 44.5 Å². The normalized spacial score (nSPS) is 13.4. The summed E-state index contributed by atoms with van der Waals surface area (Å²) in [7, 11) is 0. The summed E-state index contributed by atoms with van der Waals surface area (Å²) in [6.45, 7) is 0. The van der Waals surface area contributed by atoms with E-state index in [9.17, 15) is 0 Å². The van der Waals surface area contributed by atoms with E-state index >= 15 is 0 Å². The molecule has 0 atom stereocenters. The Labute approximate surface area is 183 Å². The van der Waals surface area contributed by atoms with Crippen molar-refractivity contribution >= 4 is 0 Å². The first-order chi connectivity index (χ1) is 15.4. The molecule has 0 aromatic heterocycles. The Hall–Kier alpha value is -3.90. The second-order valence-electron chi connectivity index (χ2n) is 8.12. The molecular formula is C31H22. The van der Waals surface area contributed by atoms with Crippen LogP contribution in [-0.4, -0.2) is 0 Å². The van der Waals surface area contributed by atoms with Crippen molar-refractivity contribution in [2.75, 3.05) is 0 Å². The lowest BCUT2D eigenvalue weighted by atomic mass is 9.63. The third-order valence-electron chi connectivity index (χ3n) is 6.58. The minimum Gasteiger partial charge on any atom is -0.0622 e. The first-order valence-corrected chi connectivity index (χ1v) is 10.8. The van der Waals surface area contributed by atoms with Crippen LogP contribution in [0, 0.1) is 0 Å². The summed E-state index contributed by atoms with van der Waals surface area (Å²) in [5, 5.41) is 0. The molecule has 5 aromatic carbocycles. The number of hydrogen-bond acceptors (Lipinski definition) is 0. The third-order valence-corrected chi connectivity index (χ3v) is 6.58. The maximum Gasteiger partial charge on any atom is 0.0713 e. The molecule has 0 radical (unpaired) electrons. The molecule has 0 heterocycles. The summed E-state index contributed by atoms with van der Waals surface area (Å²) in [5.41, 5.74) is 9.98. The molecule has 0 N–H and O–H groups in total. The predicted molar refractivity (Wildman–Crippen MR) is 129 cm³/mol. The highest BCUT2D eigenvalue weighted by atomic mass is 14.4. The summed E-state index contributed by atoms with van der Waals surface area (Å²) in [5.74, 6) is 0. The second kappa shape index (κ2) is 7.11. The molecule has 0 bridgehead atoms. The van der Waals surface area contributed by atoms with E-state index in [1.807, 2.05) is 0 Å². The maximum atomic E-state index is 2.31. The van der Waals surface area contributed by atoms with Gasteiger partial charge in [0.2, 0.25) is 0 Å². The van der Waals surface area contributed by atoms with Gasteiger partial charge in [-0.15, -0.1) is 0 Å². The van der Waals surface area contributed by atoms with Gasteiger partial charge in [-0.05, 0) is 44.5 Å². The molecule has 0 unspecified atom stereocenters. The van der Waals surface area contributed by atoms with Crippen molar-refractivity contribution in [1.82, 2.24) is 0 Å². The molecule has 0 nitrogen and oxygen atoms in total. The highest BCUT2D eigenvalue weighted by Gasteiger charge is 2.43. The SMILES string of the molecule is c1ccc(C2(c3ccccc3)c3ccccc3-c3ccccc3-c3ccccc32)cc1. The highest BCUT2D eigenvalue weighted by Crippen LogP contribution is 2.54. The van der Waals surface area contributed by atoms with Crippen LogP contribution in [0.3, 0.4) is 0 Å². The quantitative estimate of drug-likeness (QED) is 0.282. The lowest BCUT2D eigenvalue weighted by Crippen LogP contribution is -2.31. The monoisotopic (exact) mass is 394 g/mol. The van der Waals surface area contributed by atoms with Gasteiger partial charge in [0.1, 0.15) is 0 Å². The number of rotatable bonds is 2. The molecule has 5 aromatic rings. The van der Waals surface area contributed by atoms with Gasteiger partial charge in [-0.2, -0.15) is 0 Å². The molecule has 1 aliphatic carbocycles. The molecular weight excluding hydrogens is 372 g/mol. The number of hydrogen-bond donors (Lipinski definition) is 0. The fourth-order valence-corrected chi connectivity index (χ4v) is 5.35. The lowest BCUT2D eigenvalue weighted by molar-refractivity contribution is 0.751. The number of fused-ring (bicyclic) bond motifs is 5. The average Bonchev–Trinajstić information content (AvgIpc) is 2.97. The zero-order valence-electron chi connectivity index (χ0n) is 17.2. The molecule has 6 rings (SSSR count). The minimum atomic E-state index is -0.408. The van der Waals surface area contributed by atoms with Crippen molar-refractivity contribution in [2.45, 2.75) is 5.41 Å². The molecule has 0 heteroatoms. The van der Waals surface area contributed by atoms with Gasteiger partial charge in [0, 0.05) is 0 Å². The fraction of sp³-hybridized carbons (Fsp3) is 0.0323. The summed E-state index contributed by atoms with van der Waals surface area (Å²) >= 11 is 0. The van der Waals surface area contributed by atoms with E-state index in [-0.39, 0.29) is 0 Å². The smallest absolute Gasteiger partial charge is 0.0622 e. The van der Waals surface area contributed by atoms with E-state index in [1.54, 1.807) is 0 Å². The Kier molecular flexibility index (Phi) is 4.11. The van der Waals surface area contributed by atoms with Gasteiger partial charge in [0.05, 0.1) is 5.41 Å². The van der Waals surface area contributed by atoms with Crippen LogP contribution in [0.15, 0.2) is 133 Å². The Balaban J connectivity index is 1.89. The zero-order chi connectivity index (χ0) is 20.7. The van der Waals surface area contributed by atoms with Crippen molar-refractivity contribution in [1.29, 1.82) is 0 Å². The second-order valence-corrected chi connectivity index (χ2v) is 8.12. The van der Waals surface area contributed by atoms with Crippen LogP contribution >= 0.6 is 0 Å². The largest absolute Gasteiger partial charge is 0.0713 e. The summed E-state index contributed by atoms with van der Waals surface area (Å²) in [4.78, 5) is 0. The van der Waals surface area contributed by atoms with Crippen molar-refractivity contribution in [2.24, 2.45) is 0 Å². The van der Waals surface area contributed by atoms with Gasteiger partial charge in [-0.3, -0.25) is 0 Å². The van der Waals surface area contributed by atoms with E-state index in [0.29, 0.717) is 0 Å². The van der Waals surface area contributed by atoms with Crippen LogP contribution in [0.2, 0.25) is 0 Å². The average molecular weight is 395 g/mol. The van der Waals surface area contributed by atoms with Gasteiger partial charge < -0.3 is 0 Å². The minimum absolute atomic E-state index is 0.408. The van der Waals surface area contributed by atoms with Gasteiger partial charge >= 0.3 is 0 Å². The highest BCUT2D eigenvalue weighted by molar-refractivity contribution is 5.92. The van der Waals surface area contributed by atoms with E-state index in [2.05, 4.69) is 133 Å². The number of benzene rings is 5. The molecule has 1 aliphatic rings. The Morgan fingerprint density at radius 1 is 0.290 bits per heavy atom. The Bertz CT molecular complexity index is 1260. The van der Waals surface area contributed by atoms with Gasteiger partial charge in [-0.1, -0.05) is 133 Å². The first-order valence-electron chi connectivity index (χ1n) is 10.8. The van der Waals surface area contributed by atoms with Crippen molar-refractivity contribution in [3.8, 4) is 22.3 Å². The topological polar surface area (TPSA) is 0 Å².